The number of nitrogens with one attached hydrogen (secondary N) is 1. The number of nitrogens with two attached hydrogens (primary N) is 1. The summed E-state index contributed by atoms with van der Waals surface area (Å²) in [5.41, 5.74) is 5.60. The van der Waals surface area contributed by atoms with Crippen molar-refractivity contribution in [2.45, 2.75) is 56.5 Å². The molecule has 3 N–H and O–H groups in total. The Hall–Kier alpha value is -0.430. The fourth-order valence-electron chi connectivity index (χ4n) is 2.83. The Labute approximate surface area is 119 Å². The summed E-state index contributed by atoms with van der Waals surface area (Å²) >= 11 is 1.40. The van der Waals surface area contributed by atoms with Crippen LogP contribution < -0.4 is 10.5 Å². The second kappa shape index (κ2) is 6.35. The van der Waals surface area contributed by atoms with Gasteiger partial charge in [-0.3, -0.25) is 0 Å². The minimum absolute atomic E-state index is 0.0780. The van der Waals surface area contributed by atoms with Gasteiger partial charge in [0.25, 0.3) is 0 Å². The number of hydrogen-bond donors (Lipinski definition) is 2. The van der Waals surface area contributed by atoms with E-state index in [-0.39, 0.29) is 12.6 Å². The molecule has 1 aliphatic carbocycles. The molecule has 2 atom stereocenters. The van der Waals surface area contributed by atoms with Crippen molar-refractivity contribution in [1.29, 1.82) is 0 Å². The fraction of sp³-hybridized carbons (Fsp3) is 0.692. The van der Waals surface area contributed by atoms with E-state index < -0.39 is 10.0 Å². The molecule has 0 bridgehead atoms. The first-order valence-corrected chi connectivity index (χ1v) is 9.23. The largest absolute Gasteiger partial charge is 0.326 e. The number of rotatable bonds is 5. The molecule has 1 aromatic heterocycles. The molecule has 1 fully saturated rings. The molecule has 0 spiro atoms. The van der Waals surface area contributed by atoms with Gasteiger partial charge in [0, 0.05) is 17.5 Å². The van der Waals surface area contributed by atoms with Crippen LogP contribution in [0.15, 0.2) is 16.3 Å². The second-order valence-electron chi connectivity index (χ2n) is 5.09. The molecule has 1 heterocycles. The van der Waals surface area contributed by atoms with Crippen LogP contribution in [0.4, 0.5) is 0 Å². The lowest BCUT2D eigenvalue weighted by Gasteiger charge is -2.31. The summed E-state index contributed by atoms with van der Waals surface area (Å²) in [6.45, 7) is 2.41. The van der Waals surface area contributed by atoms with Gasteiger partial charge in [0.05, 0.1) is 4.90 Å². The highest BCUT2D eigenvalue weighted by molar-refractivity contribution is 7.89. The quantitative estimate of drug-likeness (QED) is 0.877. The van der Waals surface area contributed by atoms with Crippen LogP contribution in [0, 0.1) is 5.92 Å². The van der Waals surface area contributed by atoms with E-state index in [1.165, 1.54) is 17.8 Å². The Bertz CT molecular complexity index is 510. The summed E-state index contributed by atoms with van der Waals surface area (Å²) < 4.78 is 27.8. The molecule has 0 saturated heterocycles. The van der Waals surface area contributed by atoms with Crippen molar-refractivity contribution >= 4 is 21.4 Å². The van der Waals surface area contributed by atoms with E-state index in [0.717, 1.165) is 30.6 Å². The zero-order chi connectivity index (χ0) is 13.9. The topological polar surface area (TPSA) is 72.2 Å². The van der Waals surface area contributed by atoms with Crippen LogP contribution in [0.2, 0.25) is 0 Å². The smallest absolute Gasteiger partial charge is 0.241 e. The van der Waals surface area contributed by atoms with E-state index in [2.05, 4.69) is 11.6 Å². The maximum absolute atomic E-state index is 12.4. The van der Waals surface area contributed by atoms with Gasteiger partial charge in [-0.1, -0.05) is 26.2 Å². The van der Waals surface area contributed by atoms with Crippen LogP contribution in [-0.2, 0) is 16.6 Å². The van der Waals surface area contributed by atoms with Gasteiger partial charge >= 0.3 is 0 Å². The molecule has 1 saturated carbocycles. The minimum Gasteiger partial charge on any atom is -0.326 e. The zero-order valence-electron chi connectivity index (χ0n) is 11.3. The fourth-order valence-corrected chi connectivity index (χ4v) is 5.51. The third-order valence-electron chi connectivity index (χ3n) is 3.92. The summed E-state index contributed by atoms with van der Waals surface area (Å²) in [7, 11) is -3.42. The molecule has 0 aromatic carbocycles. The predicted octanol–water partition coefficient (Wildman–Crippen LogP) is 2.45. The van der Waals surface area contributed by atoms with Crippen molar-refractivity contribution in [2.75, 3.05) is 0 Å². The molecule has 1 aliphatic rings. The first-order valence-electron chi connectivity index (χ1n) is 6.87. The third kappa shape index (κ3) is 3.37. The summed E-state index contributed by atoms with van der Waals surface area (Å²) in [5, 5.41) is 1.79. The third-order valence-corrected chi connectivity index (χ3v) is 6.57. The Kier molecular flexibility index (Phi) is 5.00. The van der Waals surface area contributed by atoms with E-state index in [9.17, 15) is 8.42 Å². The SMILES string of the molecule is CCC1CCCCC1NS(=O)(=O)c1ccsc1CN. The molecule has 0 aliphatic heterocycles. The van der Waals surface area contributed by atoms with Gasteiger partial charge in [-0.25, -0.2) is 13.1 Å². The molecular formula is C13H22N2O2S2. The van der Waals surface area contributed by atoms with Crippen LogP contribution in [0.25, 0.3) is 0 Å². The minimum atomic E-state index is -3.42. The van der Waals surface area contributed by atoms with E-state index in [1.54, 1.807) is 11.4 Å². The highest BCUT2D eigenvalue weighted by Crippen LogP contribution is 2.29. The van der Waals surface area contributed by atoms with Crippen molar-refractivity contribution in [3.8, 4) is 0 Å². The van der Waals surface area contributed by atoms with Gasteiger partial charge in [0.15, 0.2) is 0 Å². The van der Waals surface area contributed by atoms with Crippen LogP contribution in [-0.4, -0.2) is 14.5 Å². The Morgan fingerprint density at radius 3 is 2.84 bits per heavy atom. The lowest BCUT2D eigenvalue weighted by atomic mass is 9.83. The van der Waals surface area contributed by atoms with E-state index in [1.807, 2.05) is 0 Å². The molecule has 2 unspecified atom stereocenters. The highest BCUT2D eigenvalue weighted by atomic mass is 32.2. The van der Waals surface area contributed by atoms with Crippen LogP contribution in [0.3, 0.4) is 0 Å². The van der Waals surface area contributed by atoms with Crippen LogP contribution in [0.1, 0.15) is 43.9 Å². The first-order chi connectivity index (χ1) is 9.08. The van der Waals surface area contributed by atoms with Crippen LogP contribution in [0.5, 0.6) is 0 Å². The lowest BCUT2D eigenvalue weighted by molar-refractivity contribution is 0.282. The molecule has 4 nitrogen and oxygen atoms in total. The van der Waals surface area contributed by atoms with E-state index in [0.29, 0.717) is 10.8 Å². The standard InChI is InChI=1S/C13H22N2O2S2/c1-2-10-5-3-4-6-11(10)15-19(16,17)13-7-8-18-12(13)9-14/h7-8,10-11,15H,2-6,9,14H2,1H3. The maximum Gasteiger partial charge on any atom is 0.241 e. The van der Waals surface area contributed by atoms with Crippen molar-refractivity contribution in [3.05, 3.63) is 16.3 Å². The van der Waals surface area contributed by atoms with Gasteiger partial charge in [0.2, 0.25) is 10.0 Å². The molecule has 6 heteroatoms. The second-order valence-corrected chi connectivity index (χ2v) is 7.78. The van der Waals surface area contributed by atoms with Crippen LogP contribution >= 0.6 is 11.3 Å². The predicted molar refractivity (Wildman–Crippen MR) is 78.6 cm³/mol. The average Bonchev–Trinajstić information content (AvgIpc) is 2.88. The normalized spacial score (nSPS) is 24.5. The van der Waals surface area contributed by atoms with E-state index in [4.69, 9.17) is 5.73 Å². The molecular weight excluding hydrogens is 280 g/mol. The monoisotopic (exact) mass is 302 g/mol. The Morgan fingerprint density at radius 2 is 2.16 bits per heavy atom. The first kappa shape index (κ1) is 15.0. The molecule has 0 radical (unpaired) electrons. The summed E-state index contributed by atoms with van der Waals surface area (Å²) in [6, 6.07) is 1.73. The van der Waals surface area contributed by atoms with Gasteiger partial charge < -0.3 is 5.73 Å². The molecule has 19 heavy (non-hydrogen) atoms. The van der Waals surface area contributed by atoms with Crippen molar-refractivity contribution in [1.82, 2.24) is 4.72 Å². The highest BCUT2D eigenvalue weighted by Gasteiger charge is 2.29. The molecule has 2 rings (SSSR count). The molecule has 1 aromatic rings. The average molecular weight is 302 g/mol. The van der Waals surface area contributed by atoms with Crippen molar-refractivity contribution in [3.63, 3.8) is 0 Å². The van der Waals surface area contributed by atoms with Gasteiger partial charge in [0.1, 0.15) is 0 Å². The lowest BCUT2D eigenvalue weighted by Crippen LogP contribution is -2.42. The number of sulfonamides is 1. The molecule has 108 valence electrons. The van der Waals surface area contributed by atoms with Crippen molar-refractivity contribution in [2.24, 2.45) is 11.7 Å². The number of hydrogen-bond acceptors (Lipinski definition) is 4. The molecule has 0 amide bonds. The zero-order valence-corrected chi connectivity index (χ0v) is 12.9. The Morgan fingerprint density at radius 1 is 1.42 bits per heavy atom. The number of thiophene rings is 1. The summed E-state index contributed by atoms with van der Waals surface area (Å²) in [4.78, 5) is 1.09. The summed E-state index contributed by atoms with van der Waals surface area (Å²) in [5.74, 6) is 0.462. The van der Waals surface area contributed by atoms with Gasteiger partial charge in [-0.05, 0) is 30.2 Å². The maximum atomic E-state index is 12.4. The Balaban J connectivity index is 2.16. The summed E-state index contributed by atoms with van der Waals surface area (Å²) in [6.07, 6.45) is 5.41. The van der Waals surface area contributed by atoms with Crippen molar-refractivity contribution < 1.29 is 8.42 Å². The van der Waals surface area contributed by atoms with Gasteiger partial charge in [-0.2, -0.15) is 0 Å². The van der Waals surface area contributed by atoms with Gasteiger partial charge in [-0.15, -0.1) is 11.3 Å². The van der Waals surface area contributed by atoms with E-state index >= 15 is 0 Å².